The zero-order chi connectivity index (χ0) is 39.2. The second-order valence-corrected chi connectivity index (χ2v) is 17.6. The van der Waals surface area contributed by atoms with Crippen LogP contribution in [0.15, 0.2) is 129 Å². The van der Waals surface area contributed by atoms with Gasteiger partial charge >= 0.3 is 6.03 Å². The molecule has 6 aromatic rings. The summed E-state index contributed by atoms with van der Waals surface area (Å²) in [4.78, 5) is 11.0. The molecule has 0 saturated heterocycles. The summed E-state index contributed by atoms with van der Waals surface area (Å²) in [6.07, 6.45) is 0. The molecule has 0 aromatic heterocycles. The van der Waals surface area contributed by atoms with Gasteiger partial charge in [0, 0.05) is 45.1 Å². The number of fused-ring (bicyclic) bond motifs is 2. The maximum absolute atomic E-state index is 13.2. The van der Waals surface area contributed by atoms with Gasteiger partial charge in [-0.3, -0.25) is 18.5 Å². The van der Waals surface area contributed by atoms with Crippen molar-refractivity contribution in [3.8, 4) is 11.5 Å². The molecule has 0 fully saturated rings. The molecule has 54 heavy (non-hydrogen) atoms. The Bertz CT molecular complexity index is 2740. The number of sulfonamides is 2. The molecule has 0 heterocycles. The summed E-state index contributed by atoms with van der Waals surface area (Å²) in [5, 5.41) is 24.9. The quantitative estimate of drug-likeness (QED) is 0.0833. The average molecular weight is 815 g/mol. The van der Waals surface area contributed by atoms with Crippen LogP contribution in [0, 0.1) is 0 Å². The number of anilines is 4. The largest absolute Gasteiger partial charge is 0.508 e. The third kappa shape index (κ3) is 8.00. The van der Waals surface area contributed by atoms with Crippen LogP contribution in [0.5, 0.6) is 11.5 Å². The molecule has 0 saturated carbocycles. The lowest BCUT2D eigenvalue weighted by Crippen LogP contribution is -2.20. The van der Waals surface area contributed by atoms with E-state index in [0.717, 1.165) is 24.3 Å². The van der Waals surface area contributed by atoms with E-state index in [-0.39, 0.29) is 54.1 Å². The Kier molecular flexibility index (Phi) is 9.64. The maximum atomic E-state index is 13.2. The molecule has 6 aromatic carbocycles. The van der Waals surface area contributed by atoms with Gasteiger partial charge < -0.3 is 20.8 Å². The number of urea groups is 1. The van der Waals surface area contributed by atoms with Crippen molar-refractivity contribution >= 4 is 90.6 Å². The molecule has 0 aliphatic rings. The van der Waals surface area contributed by atoms with Gasteiger partial charge in [-0.2, -0.15) is 16.8 Å². The van der Waals surface area contributed by atoms with E-state index >= 15 is 0 Å². The Morgan fingerprint density at radius 3 is 1.15 bits per heavy atom. The molecule has 21 heteroatoms. The van der Waals surface area contributed by atoms with E-state index in [1.54, 1.807) is 0 Å². The SMILES string of the molecule is O=C(Nc1ccc(S(=O)(=O)Nc2cccc3c(S(=O)(=O)O)cc(O)cc23)cc1)Nc1ccc(S(=O)(=O)Nc2cccc3c(S(=O)(=O)O)cc(O)cc23)cc1. The van der Waals surface area contributed by atoms with Crippen LogP contribution < -0.4 is 20.1 Å². The van der Waals surface area contributed by atoms with E-state index in [1.165, 1.54) is 84.9 Å². The number of rotatable bonds is 10. The van der Waals surface area contributed by atoms with E-state index in [1.807, 2.05) is 0 Å². The fourth-order valence-corrected chi connectivity index (χ4v) is 9.03. The topological polar surface area (TPSA) is 283 Å². The van der Waals surface area contributed by atoms with Crippen LogP contribution in [0.2, 0.25) is 0 Å². The number of benzene rings is 6. The monoisotopic (exact) mass is 814 g/mol. The molecule has 17 nitrogen and oxygen atoms in total. The minimum Gasteiger partial charge on any atom is -0.508 e. The van der Waals surface area contributed by atoms with Crippen molar-refractivity contribution in [2.24, 2.45) is 0 Å². The van der Waals surface area contributed by atoms with Gasteiger partial charge in [0.2, 0.25) is 0 Å². The van der Waals surface area contributed by atoms with Gasteiger partial charge in [-0.25, -0.2) is 21.6 Å². The van der Waals surface area contributed by atoms with Crippen LogP contribution in [0.4, 0.5) is 27.5 Å². The summed E-state index contributed by atoms with van der Waals surface area (Å²) in [6.45, 7) is 0. The first-order valence-corrected chi connectivity index (χ1v) is 20.9. The lowest BCUT2D eigenvalue weighted by atomic mass is 10.1. The summed E-state index contributed by atoms with van der Waals surface area (Å²) in [6, 6.07) is 21.0. The Balaban J connectivity index is 1.12. The van der Waals surface area contributed by atoms with Crippen molar-refractivity contribution in [1.29, 1.82) is 0 Å². The number of aromatic hydroxyl groups is 2. The summed E-state index contributed by atoms with van der Waals surface area (Å²) in [5.74, 6) is -1.07. The molecular formula is C33H26N4O13S4. The van der Waals surface area contributed by atoms with Crippen LogP contribution in [0.1, 0.15) is 0 Å². The Morgan fingerprint density at radius 1 is 0.463 bits per heavy atom. The van der Waals surface area contributed by atoms with E-state index in [0.29, 0.717) is 0 Å². The van der Waals surface area contributed by atoms with Crippen molar-refractivity contribution in [3.63, 3.8) is 0 Å². The number of hydrogen-bond acceptors (Lipinski definition) is 11. The molecule has 0 radical (unpaired) electrons. The number of nitrogens with one attached hydrogen (secondary N) is 4. The number of carbonyl (C=O) groups excluding carboxylic acids is 1. The van der Waals surface area contributed by atoms with Crippen molar-refractivity contribution in [3.05, 3.63) is 109 Å². The molecule has 0 bridgehead atoms. The van der Waals surface area contributed by atoms with E-state index in [4.69, 9.17) is 0 Å². The standard InChI is InChI=1S/C33H26N4O13S4/c38-21-15-27-25(31(17-21)53(45,46)47)3-1-5-29(27)36-51(41,42)23-11-7-19(8-12-23)34-33(40)35-20-9-13-24(14-10-20)52(43,44)37-30-6-2-4-26-28(30)16-22(39)18-32(26)54(48,49)50/h1-18,36-39H,(H2,34,35,40)(H,45,46,47)(H,48,49,50). The highest BCUT2D eigenvalue weighted by atomic mass is 32.2. The van der Waals surface area contributed by atoms with Gasteiger partial charge in [-0.1, -0.05) is 24.3 Å². The first kappa shape index (κ1) is 37.8. The van der Waals surface area contributed by atoms with Gasteiger partial charge in [0.05, 0.1) is 21.2 Å². The Labute approximate surface area is 307 Å². The lowest BCUT2D eigenvalue weighted by molar-refractivity contribution is 0.262. The predicted molar refractivity (Wildman–Crippen MR) is 198 cm³/mol. The number of amides is 2. The number of phenolic OH excluding ortho intramolecular Hbond substituents is 2. The fraction of sp³-hybridized carbons (Fsp3) is 0. The van der Waals surface area contributed by atoms with Crippen molar-refractivity contribution < 1.29 is 57.8 Å². The molecule has 0 aliphatic heterocycles. The van der Waals surface area contributed by atoms with Gasteiger partial charge in [-0.15, -0.1) is 0 Å². The first-order chi connectivity index (χ1) is 25.2. The van der Waals surface area contributed by atoms with Crippen molar-refractivity contribution in [2.75, 3.05) is 20.1 Å². The molecular weight excluding hydrogens is 789 g/mol. The summed E-state index contributed by atoms with van der Waals surface area (Å²) < 4.78 is 124. The minimum absolute atomic E-state index is 0.00613. The van der Waals surface area contributed by atoms with Gasteiger partial charge in [0.1, 0.15) is 21.3 Å². The van der Waals surface area contributed by atoms with E-state index < -0.39 is 67.6 Å². The molecule has 280 valence electrons. The van der Waals surface area contributed by atoms with Gasteiger partial charge in [0.15, 0.2) is 0 Å². The number of phenols is 2. The highest BCUT2D eigenvalue weighted by Gasteiger charge is 2.22. The molecule has 6 rings (SSSR count). The lowest BCUT2D eigenvalue weighted by Gasteiger charge is -2.14. The highest BCUT2D eigenvalue weighted by Crippen LogP contribution is 2.35. The van der Waals surface area contributed by atoms with Crippen LogP contribution in [-0.4, -0.2) is 59.0 Å². The van der Waals surface area contributed by atoms with Crippen LogP contribution in [0.25, 0.3) is 21.5 Å². The maximum Gasteiger partial charge on any atom is 0.323 e. The smallest absolute Gasteiger partial charge is 0.323 e. The highest BCUT2D eigenvalue weighted by molar-refractivity contribution is 7.93. The normalized spacial score (nSPS) is 12.3. The second kappa shape index (κ2) is 13.8. The molecule has 0 spiro atoms. The molecule has 0 atom stereocenters. The third-order valence-electron chi connectivity index (χ3n) is 7.77. The summed E-state index contributed by atoms with van der Waals surface area (Å²) >= 11 is 0. The van der Waals surface area contributed by atoms with E-state index in [9.17, 15) is 57.8 Å². The number of carbonyl (C=O) groups is 1. The van der Waals surface area contributed by atoms with Crippen molar-refractivity contribution in [1.82, 2.24) is 0 Å². The van der Waals surface area contributed by atoms with Crippen LogP contribution >= 0.6 is 0 Å². The van der Waals surface area contributed by atoms with Gasteiger partial charge in [-0.05, 0) is 72.8 Å². The average Bonchev–Trinajstić information content (AvgIpc) is 3.07. The Hall–Kier alpha value is -5.97. The summed E-state index contributed by atoms with van der Waals surface area (Å²) in [5.41, 5.74) is 0.155. The van der Waals surface area contributed by atoms with Crippen LogP contribution in [0.3, 0.4) is 0 Å². The summed E-state index contributed by atoms with van der Waals surface area (Å²) in [7, 11) is -18.1. The first-order valence-electron chi connectivity index (χ1n) is 15.0. The third-order valence-corrected chi connectivity index (χ3v) is 12.3. The van der Waals surface area contributed by atoms with Gasteiger partial charge in [0.25, 0.3) is 40.3 Å². The minimum atomic E-state index is -4.76. The molecule has 2 amide bonds. The van der Waals surface area contributed by atoms with E-state index in [2.05, 4.69) is 20.1 Å². The zero-order valence-electron chi connectivity index (χ0n) is 27.0. The fourth-order valence-electron chi connectivity index (χ4n) is 5.41. The molecule has 0 aliphatic carbocycles. The number of hydrogen-bond donors (Lipinski definition) is 8. The molecule has 8 N–H and O–H groups in total. The predicted octanol–water partition coefficient (Wildman–Crippen LogP) is 5.14. The Morgan fingerprint density at radius 2 is 0.815 bits per heavy atom. The van der Waals surface area contributed by atoms with Crippen LogP contribution in [-0.2, 0) is 40.3 Å². The second-order valence-electron chi connectivity index (χ2n) is 11.5. The van der Waals surface area contributed by atoms with Crippen molar-refractivity contribution in [2.45, 2.75) is 19.6 Å². The molecule has 0 unspecified atom stereocenters. The zero-order valence-corrected chi connectivity index (χ0v) is 30.3.